The van der Waals surface area contributed by atoms with E-state index in [4.69, 9.17) is 11.5 Å². The number of aliphatic hydroxyl groups is 1. The first kappa shape index (κ1) is 72.6. The predicted octanol–water partition coefficient (Wildman–Crippen LogP) is 0.361. The number of nitrogens with one attached hydrogen (secondary N) is 9. The maximum absolute atomic E-state index is 14.8. The van der Waals surface area contributed by atoms with E-state index >= 15 is 0 Å². The van der Waals surface area contributed by atoms with E-state index in [-0.39, 0.29) is 81.0 Å². The molecule has 3 rings (SSSR count). The quantitative estimate of drug-likeness (QED) is 0.0415. The SMILES string of the molecule is CC(=O)N[C@@H](CC(C)C)C(=O)N[C@@H](C)C(=O)N[C@@H](CC(C)C)C(=O)N[C@@H](CCCCN)C(=O)N[C@@H](Cc1ccc(O)cc1)C(=O)N[C@@H](CC(C)C)C(=O)N[C@@H](Cc1ccccc1)C(=O)N[C@H](C(=O)N1CCC[C@H]1C(=O)N[C@H](C(N)=O)C(C)C)[C@@H](C)O. The highest BCUT2D eigenvalue weighted by atomic mass is 16.3. The summed E-state index contributed by atoms with van der Waals surface area (Å²) in [4.78, 5) is 153. The van der Waals surface area contributed by atoms with Crippen molar-refractivity contribution in [2.45, 2.75) is 207 Å². The summed E-state index contributed by atoms with van der Waals surface area (Å²) in [6.45, 7) is 18.8. The molecule has 1 heterocycles. The maximum Gasteiger partial charge on any atom is 0.248 e. The average Bonchev–Trinajstić information content (AvgIpc) is 2.42. The van der Waals surface area contributed by atoms with Crippen LogP contribution in [0.2, 0.25) is 0 Å². The van der Waals surface area contributed by atoms with Gasteiger partial charge in [-0.2, -0.15) is 0 Å². The molecule has 2 aromatic carbocycles. The summed E-state index contributed by atoms with van der Waals surface area (Å²) in [6.07, 6.45) is 0.151. The molecule has 0 aromatic heterocycles. The van der Waals surface area contributed by atoms with Gasteiger partial charge in [0.2, 0.25) is 65.0 Å². The largest absolute Gasteiger partial charge is 0.508 e. The Morgan fingerprint density at radius 1 is 0.535 bits per heavy atom. The number of rotatable bonds is 35. The summed E-state index contributed by atoms with van der Waals surface area (Å²) in [5.74, 6) is -8.73. The van der Waals surface area contributed by atoms with Gasteiger partial charge in [0.05, 0.1) is 6.10 Å². The van der Waals surface area contributed by atoms with Crippen molar-refractivity contribution in [2.24, 2.45) is 35.1 Å². The van der Waals surface area contributed by atoms with E-state index in [9.17, 15) is 63.0 Å². The minimum atomic E-state index is -1.60. The van der Waals surface area contributed by atoms with Crippen molar-refractivity contribution in [1.82, 2.24) is 52.8 Å². The third kappa shape index (κ3) is 24.4. The maximum atomic E-state index is 14.8. The lowest BCUT2D eigenvalue weighted by atomic mass is 9.99. The minimum Gasteiger partial charge on any atom is -0.508 e. The number of benzene rings is 2. The number of amides is 11. The molecule has 15 N–H and O–H groups in total. The number of unbranched alkanes of at least 4 members (excludes halogenated alkanes) is 1. The summed E-state index contributed by atoms with van der Waals surface area (Å²) in [7, 11) is 0. The number of aliphatic hydroxyl groups excluding tert-OH is 1. The number of likely N-dealkylation sites (tertiary alicyclic amines) is 1. The molecule has 0 saturated carbocycles. The third-order valence-electron chi connectivity index (χ3n) is 14.5. The molecule has 86 heavy (non-hydrogen) atoms. The molecule has 1 aliphatic rings. The second kappa shape index (κ2) is 35.7. The highest BCUT2D eigenvalue weighted by Gasteiger charge is 2.42. The molecule has 0 bridgehead atoms. The van der Waals surface area contributed by atoms with Crippen molar-refractivity contribution in [1.29, 1.82) is 0 Å². The normalized spacial score (nSPS) is 16.7. The summed E-state index contributed by atoms with van der Waals surface area (Å²) < 4.78 is 0. The molecule has 11 amide bonds. The first-order valence-electron chi connectivity index (χ1n) is 29.9. The number of aromatic hydroxyl groups is 1. The summed E-state index contributed by atoms with van der Waals surface area (Å²) in [5, 5.41) is 45.4. The third-order valence-corrected chi connectivity index (χ3v) is 14.5. The lowest BCUT2D eigenvalue weighted by Gasteiger charge is -2.32. The van der Waals surface area contributed by atoms with E-state index in [2.05, 4.69) is 47.9 Å². The van der Waals surface area contributed by atoms with E-state index in [0.29, 0.717) is 36.8 Å². The van der Waals surface area contributed by atoms with Crippen LogP contribution in [0.5, 0.6) is 5.75 Å². The van der Waals surface area contributed by atoms with Gasteiger partial charge in [0.25, 0.3) is 0 Å². The number of hydrogen-bond donors (Lipinski definition) is 13. The Hall–Kier alpha value is -7.67. The first-order chi connectivity index (χ1) is 40.4. The monoisotopic (exact) mass is 1200 g/mol. The molecule has 25 nitrogen and oxygen atoms in total. The fraction of sp³-hybridized carbons (Fsp3) is 0.623. The summed E-state index contributed by atoms with van der Waals surface area (Å²) in [5.41, 5.74) is 12.5. The van der Waals surface area contributed by atoms with Crippen LogP contribution in [0, 0.1) is 23.7 Å². The molecule has 1 aliphatic heterocycles. The predicted molar refractivity (Wildman–Crippen MR) is 322 cm³/mol. The molecule has 1 fully saturated rings. The summed E-state index contributed by atoms with van der Waals surface area (Å²) in [6, 6.07) is 2.09. The van der Waals surface area contributed by atoms with Gasteiger partial charge < -0.3 is 74.4 Å². The van der Waals surface area contributed by atoms with Crippen molar-refractivity contribution in [3.63, 3.8) is 0 Å². The topological polar surface area (TPSA) is 392 Å². The van der Waals surface area contributed by atoms with Gasteiger partial charge in [0.1, 0.15) is 66.2 Å². The number of phenols is 1. The molecule has 0 radical (unpaired) electrons. The van der Waals surface area contributed by atoms with Crippen LogP contribution in [0.3, 0.4) is 0 Å². The van der Waals surface area contributed by atoms with Gasteiger partial charge in [-0.25, -0.2) is 0 Å². The highest BCUT2D eigenvalue weighted by Crippen LogP contribution is 2.21. The zero-order chi connectivity index (χ0) is 64.5. The van der Waals surface area contributed by atoms with Crippen LogP contribution < -0.4 is 59.3 Å². The standard InChI is InChI=1S/C61H96N12O13/c1-33(2)28-44(65-39(11)75)55(80)64-37(9)53(78)67-45(29-34(3)4)56(81)66-43(20-15-16-26-62)54(79)69-47(32-41-22-24-42(76)25-23-41)58(83)68-46(30-35(5)6)57(82)70-48(31-40-18-13-12-14-19-40)59(84)72-51(38(10)74)61(86)73-27-17-21-49(73)60(85)71-50(36(7)8)52(63)77/h12-14,18-19,22-25,33-38,43-51,74,76H,15-17,20-21,26-32,62H2,1-11H3,(H2,63,77)(H,64,80)(H,65,75)(H,66,81)(H,67,78)(H,68,83)(H,69,79)(H,70,82)(H,71,85)(H,72,84)/t37-,38+,43-,44-,45-,46-,47-,48-,49-,50-,51-/m0/s1. The zero-order valence-corrected chi connectivity index (χ0v) is 51.8. The van der Waals surface area contributed by atoms with E-state index in [0.717, 1.165) is 0 Å². The Morgan fingerprint density at radius 2 is 0.977 bits per heavy atom. The molecule has 0 unspecified atom stereocenters. The fourth-order valence-corrected chi connectivity index (χ4v) is 9.96. The van der Waals surface area contributed by atoms with Crippen molar-refractivity contribution >= 4 is 65.0 Å². The van der Waals surface area contributed by atoms with E-state index in [1.165, 1.54) is 49.9 Å². The fourth-order valence-electron chi connectivity index (χ4n) is 9.96. The van der Waals surface area contributed by atoms with E-state index in [1.54, 1.807) is 58.0 Å². The van der Waals surface area contributed by atoms with Crippen LogP contribution >= 0.6 is 0 Å². The van der Waals surface area contributed by atoms with Crippen LogP contribution in [0.25, 0.3) is 0 Å². The Balaban J connectivity index is 1.97. The van der Waals surface area contributed by atoms with Gasteiger partial charge in [0, 0.05) is 26.3 Å². The van der Waals surface area contributed by atoms with Crippen LogP contribution in [-0.4, -0.2) is 160 Å². The Kier molecular flexibility index (Phi) is 30.1. The number of hydrogen-bond acceptors (Lipinski definition) is 14. The molecule has 25 heteroatoms. The number of primary amides is 1. The lowest BCUT2D eigenvalue weighted by Crippen LogP contribution is -2.62. The molecule has 1 saturated heterocycles. The average molecular weight is 1210 g/mol. The number of phenolic OH excluding ortho intramolecular Hbond substituents is 1. The van der Waals surface area contributed by atoms with Crippen molar-refractivity contribution in [2.75, 3.05) is 13.1 Å². The van der Waals surface area contributed by atoms with Crippen LogP contribution in [0.15, 0.2) is 54.6 Å². The number of carbonyl (C=O) groups is 11. The van der Waals surface area contributed by atoms with Crippen LogP contribution in [-0.2, 0) is 65.6 Å². The number of carbonyl (C=O) groups excluding carboxylic acids is 11. The molecule has 0 aliphatic carbocycles. The Bertz CT molecular complexity index is 2600. The zero-order valence-electron chi connectivity index (χ0n) is 51.8. The Morgan fingerprint density at radius 3 is 1.45 bits per heavy atom. The van der Waals surface area contributed by atoms with Gasteiger partial charge in [-0.15, -0.1) is 0 Å². The number of nitrogens with zero attached hydrogens (tertiary/aromatic N) is 1. The van der Waals surface area contributed by atoms with E-state index in [1.807, 2.05) is 27.7 Å². The minimum absolute atomic E-state index is 0.0224. The van der Waals surface area contributed by atoms with Crippen molar-refractivity contribution < 1.29 is 63.0 Å². The lowest BCUT2D eigenvalue weighted by molar-refractivity contribution is -0.144. The van der Waals surface area contributed by atoms with E-state index < -0.39 is 132 Å². The molecule has 11 atom stereocenters. The van der Waals surface area contributed by atoms with Crippen LogP contribution in [0.4, 0.5) is 0 Å². The first-order valence-corrected chi connectivity index (χ1v) is 29.9. The van der Waals surface area contributed by atoms with Gasteiger partial charge in [0.15, 0.2) is 0 Å². The van der Waals surface area contributed by atoms with Gasteiger partial charge >= 0.3 is 0 Å². The van der Waals surface area contributed by atoms with Crippen LogP contribution in [0.1, 0.15) is 139 Å². The summed E-state index contributed by atoms with van der Waals surface area (Å²) >= 11 is 0. The molecular formula is C61H96N12O13. The van der Waals surface area contributed by atoms with Crippen molar-refractivity contribution in [3.05, 3.63) is 65.7 Å². The molecular weight excluding hydrogens is 1110 g/mol. The smallest absolute Gasteiger partial charge is 0.248 e. The number of nitrogens with two attached hydrogens (primary N) is 2. The molecule has 0 spiro atoms. The van der Waals surface area contributed by atoms with Gasteiger partial charge in [-0.05, 0) is 119 Å². The molecule has 478 valence electrons. The van der Waals surface area contributed by atoms with Gasteiger partial charge in [-0.3, -0.25) is 52.7 Å². The molecule has 2 aromatic rings. The highest BCUT2D eigenvalue weighted by molar-refractivity contribution is 5.99. The second-order valence-electron chi connectivity index (χ2n) is 24.1. The second-order valence-corrected chi connectivity index (χ2v) is 24.1. The van der Waals surface area contributed by atoms with Crippen molar-refractivity contribution in [3.8, 4) is 5.75 Å². The Labute approximate surface area is 505 Å². The van der Waals surface area contributed by atoms with Gasteiger partial charge in [-0.1, -0.05) is 97.9 Å².